The highest BCUT2D eigenvalue weighted by Gasteiger charge is 2.43. The summed E-state index contributed by atoms with van der Waals surface area (Å²) in [6.45, 7) is 2.73. The molecule has 0 bridgehead atoms. The lowest BCUT2D eigenvalue weighted by Gasteiger charge is -2.42. The maximum atomic E-state index is 5.53. The summed E-state index contributed by atoms with van der Waals surface area (Å²) in [5.41, 5.74) is 6.58. The number of hydrogen-bond acceptors (Lipinski definition) is 2. The Balaban J connectivity index is 0.000000172. The predicted molar refractivity (Wildman–Crippen MR) is 203 cm³/mol. The molecule has 1 atom stereocenters. The van der Waals surface area contributed by atoms with E-state index in [2.05, 4.69) is 192 Å². The highest BCUT2D eigenvalue weighted by molar-refractivity contribution is 7.80. The fourth-order valence-electron chi connectivity index (χ4n) is 6.67. The van der Waals surface area contributed by atoms with E-state index in [1.165, 1.54) is 32.7 Å². The van der Waals surface area contributed by atoms with Gasteiger partial charge in [-0.15, -0.1) is 0 Å². The van der Waals surface area contributed by atoms with Crippen molar-refractivity contribution in [3.8, 4) is 0 Å². The average Bonchev–Trinajstić information content (AvgIpc) is 3.67. The number of hydrogen-bond donors (Lipinski definition) is 0. The number of rotatable bonds is 8. The Hall–Kier alpha value is -4.84. The molecule has 1 aromatic heterocycles. The molecule has 0 N–H and O–H groups in total. The zero-order chi connectivity index (χ0) is 31.6. The highest BCUT2D eigenvalue weighted by atomic mass is 32.1. The van der Waals surface area contributed by atoms with E-state index in [1.807, 2.05) is 12.5 Å². The molecule has 0 radical (unpaired) electrons. The summed E-state index contributed by atoms with van der Waals surface area (Å²) in [4.78, 5) is 5.42. The van der Waals surface area contributed by atoms with Crippen LogP contribution in [0.5, 0.6) is 0 Å². The minimum atomic E-state index is -1.61. The van der Waals surface area contributed by atoms with Gasteiger partial charge in [0.25, 0.3) is 0 Å². The quantitative estimate of drug-likeness (QED) is 0.133. The first-order valence-corrected chi connectivity index (χ1v) is 18.5. The fraction of sp³-hybridized carbons (Fsp3) is 0.0732. The molecular formula is C41H37BN2SSi. The van der Waals surface area contributed by atoms with Crippen molar-refractivity contribution >= 4 is 49.0 Å². The SMILES string of the molecule is C[SiH](C1=CC(=S)CC=C1)C(c1ccccc1)(c1ccccc1)n1ccnc1.c1ccc(B(c2ccccc2)c2ccccc2)cc1. The Kier molecular flexibility index (Phi) is 10.1. The van der Waals surface area contributed by atoms with Gasteiger partial charge in [-0.25, -0.2) is 4.98 Å². The van der Waals surface area contributed by atoms with E-state index in [0.29, 0.717) is 6.71 Å². The fourth-order valence-corrected chi connectivity index (χ4v) is 10.4. The van der Waals surface area contributed by atoms with Crippen molar-refractivity contribution in [2.24, 2.45) is 0 Å². The third kappa shape index (κ3) is 6.71. The van der Waals surface area contributed by atoms with E-state index in [9.17, 15) is 0 Å². The minimum Gasteiger partial charge on any atom is -0.326 e. The van der Waals surface area contributed by atoms with Crippen LogP contribution in [0.3, 0.4) is 0 Å². The van der Waals surface area contributed by atoms with Crippen molar-refractivity contribution in [2.75, 3.05) is 0 Å². The summed E-state index contributed by atoms with van der Waals surface area (Å²) in [6.07, 6.45) is 13.5. The van der Waals surface area contributed by atoms with Gasteiger partial charge >= 0.3 is 0 Å². The number of thiocarbonyl (C=S) groups is 1. The summed E-state index contributed by atoms with van der Waals surface area (Å²) in [5.74, 6) is 0. The smallest absolute Gasteiger partial charge is 0.241 e. The summed E-state index contributed by atoms with van der Waals surface area (Å²) >= 11 is 5.53. The third-order valence-corrected chi connectivity index (χ3v) is 12.7. The van der Waals surface area contributed by atoms with Gasteiger partial charge in [0.15, 0.2) is 0 Å². The second-order valence-corrected chi connectivity index (χ2v) is 15.0. The van der Waals surface area contributed by atoms with Crippen molar-refractivity contribution < 1.29 is 0 Å². The largest absolute Gasteiger partial charge is 0.326 e. The Bertz CT molecular complexity index is 1740. The first-order chi connectivity index (χ1) is 22.7. The number of aromatic nitrogens is 2. The Morgan fingerprint density at radius 2 is 1.09 bits per heavy atom. The van der Waals surface area contributed by atoms with Crippen molar-refractivity contribution in [3.63, 3.8) is 0 Å². The molecule has 2 nitrogen and oxygen atoms in total. The number of imidazole rings is 1. The van der Waals surface area contributed by atoms with Gasteiger partial charge < -0.3 is 4.57 Å². The molecule has 46 heavy (non-hydrogen) atoms. The molecule has 0 saturated carbocycles. The molecule has 6 aromatic rings. The molecule has 7 rings (SSSR count). The van der Waals surface area contributed by atoms with Crippen LogP contribution in [0.25, 0.3) is 0 Å². The van der Waals surface area contributed by atoms with E-state index in [4.69, 9.17) is 12.2 Å². The lowest BCUT2D eigenvalue weighted by atomic mass is 9.37. The standard InChI is InChI=1S/C23H22N2SSi.C18H15B/c1-27(22-14-8-13-21(26)17-22)23(25-16-15-24-18-25,19-9-4-2-5-10-19)20-11-6-3-7-12-20;1-4-10-16(11-5-1)19(17-12-6-2-7-13-17)18-14-8-3-9-15-18/h2-12,14-18,27H,13H2,1H3;1-15H. The molecule has 5 heteroatoms. The second kappa shape index (κ2) is 15.0. The molecular weight excluding hydrogens is 591 g/mol. The molecule has 0 saturated heterocycles. The van der Waals surface area contributed by atoms with Gasteiger partial charge in [-0.05, 0) is 17.2 Å². The summed E-state index contributed by atoms with van der Waals surface area (Å²) < 4.78 is 2.29. The molecule has 0 fully saturated rings. The number of benzene rings is 5. The molecule has 1 aliphatic rings. The molecule has 1 aliphatic carbocycles. The van der Waals surface area contributed by atoms with Gasteiger partial charge in [0.2, 0.25) is 6.71 Å². The third-order valence-electron chi connectivity index (χ3n) is 8.82. The van der Waals surface area contributed by atoms with Crippen molar-refractivity contribution in [1.82, 2.24) is 9.55 Å². The van der Waals surface area contributed by atoms with Crippen molar-refractivity contribution in [2.45, 2.75) is 18.1 Å². The van der Waals surface area contributed by atoms with Gasteiger partial charge in [0.05, 0.1) is 11.5 Å². The normalized spacial score (nSPS) is 13.2. The molecule has 0 amide bonds. The van der Waals surface area contributed by atoms with Crippen LogP contribution in [0.15, 0.2) is 194 Å². The average molecular weight is 629 g/mol. The lowest BCUT2D eigenvalue weighted by Crippen LogP contribution is -2.51. The zero-order valence-electron chi connectivity index (χ0n) is 26.1. The van der Waals surface area contributed by atoms with Gasteiger partial charge in [-0.1, -0.05) is 204 Å². The lowest BCUT2D eigenvalue weighted by molar-refractivity contribution is 0.586. The Morgan fingerprint density at radius 1 is 0.652 bits per heavy atom. The molecule has 0 spiro atoms. The van der Waals surface area contributed by atoms with Gasteiger partial charge in [-0.2, -0.15) is 0 Å². The highest BCUT2D eigenvalue weighted by Crippen LogP contribution is 2.39. The summed E-state index contributed by atoms with van der Waals surface area (Å²) in [7, 11) is -1.61. The Morgan fingerprint density at radius 3 is 1.48 bits per heavy atom. The summed E-state index contributed by atoms with van der Waals surface area (Å²) in [5, 5.41) is 1.11. The van der Waals surface area contributed by atoms with E-state index < -0.39 is 8.80 Å². The van der Waals surface area contributed by atoms with Crippen LogP contribution >= 0.6 is 12.2 Å². The van der Waals surface area contributed by atoms with Crippen molar-refractivity contribution in [3.05, 3.63) is 205 Å². The maximum absolute atomic E-state index is 5.53. The molecule has 0 aliphatic heterocycles. The van der Waals surface area contributed by atoms with Crippen LogP contribution in [0.1, 0.15) is 17.5 Å². The topological polar surface area (TPSA) is 17.8 Å². The van der Waals surface area contributed by atoms with E-state index in [-0.39, 0.29) is 5.16 Å². The maximum Gasteiger partial charge on any atom is 0.241 e. The molecule has 1 heterocycles. The number of allylic oxidation sites excluding steroid dienone is 4. The second-order valence-electron chi connectivity index (χ2n) is 11.6. The first-order valence-electron chi connectivity index (χ1n) is 15.8. The molecule has 5 aromatic carbocycles. The van der Waals surface area contributed by atoms with Gasteiger partial charge in [0.1, 0.15) is 8.80 Å². The van der Waals surface area contributed by atoms with E-state index >= 15 is 0 Å². The number of nitrogens with zero attached hydrogens (tertiary/aromatic N) is 2. The zero-order valence-corrected chi connectivity index (χ0v) is 28.0. The van der Waals surface area contributed by atoms with E-state index in [0.717, 1.165) is 11.3 Å². The first kappa shape index (κ1) is 31.2. The Labute approximate surface area is 280 Å². The van der Waals surface area contributed by atoms with E-state index in [1.54, 1.807) is 0 Å². The van der Waals surface area contributed by atoms with Crippen LogP contribution in [0, 0.1) is 0 Å². The van der Waals surface area contributed by atoms with Crippen LogP contribution in [0.2, 0.25) is 6.55 Å². The van der Waals surface area contributed by atoms with Gasteiger partial charge in [-0.3, -0.25) is 0 Å². The van der Waals surface area contributed by atoms with Crippen LogP contribution in [-0.4, -0.2) is 29.9 Å². The summed E-state index contributed by atoms with van der Waals surface area (Å²) in [6, 6.07) is 53.6. The van der Waals surface area contributed by atoms with Gasteiger partial charge in [0, 0.05) is 23.7 Å². The molecule has 224 valence electrons. The van der Waals surface area contributed by atoms with Crippen molar-refractivity contribution in [1.29, 1.82) is 0 Å². The van der Waals surface area contributed by atoms with Crippen LogP contribution in [-0.2, 0) is 5.16 Å². The minimum absolute atomic E-state index is 0.276. The molecule has 1 unspecified atom stereocenters. The monoisotopic (exact) mass is 628 g/mol. The van der Waals surface area contributed by atoms with Crippen LogP contribution in [0.4, 0.5) is 0 Å². The van der Waals surface area contributed by atoms with Crippen LogP contribution < -0.4 is 16.4 Å². The predicted octanol–water partition coefficient (Wildman–Crippen LogP) is 7.07.